The zero-order chi connectivity index (χ0) is 10.1. The van der Waals surface area contributed by atoms with Crippen molar-refractivity contribution >= 4 is 39.4 Å². The lowest BCUT2D eigenvalue weighted by molar-refractivity contribution is -0.115. The zero-order valence-corrected chi connectivity index (χ0v) is 10.4. The Labute approximate surface area is 96.6 Å². The number of halogens is 2. The van der Waals surface area contributed by atoms with Gasteiger partial charge in [-0.05, 0) is 59.7 Å². The topological polar surface area (TPSA) is 17.1 Å². The summed E-state index contributed by atoms with van der Waals surface area (Å²) >= 11 is 7.74. The zero-order valence-electron chi connectivity index (χ0n) is 7.47. The van der Waals surface area contributed by atoms with Crippen LogP contribution in [0.2, 0.25) is 0 Å². The molecule has 0 saturated heterocycles. The lowest BCUT2D eigenvalue weighted by atomic mass is 9.86. The third-order valence-electron chi connectivity index (χ3n) is 2.04. The van der Waals surface area contributed by atoms with Crippen molar-refractivity contribution in [1.82, 2.24) is 0 Å². The van der Waals surface area contributed by atoms with Crippen LogP contribution in [0.3, 0.4) is 0 Å². The Balaban J connectivity index is 3.22. The van der Waals surface area contributed by atoms with E-state index >= 15 is 0 Å². The van der Waals surface area contributed by atoms with Gasteiger partial charge in [-0.25, -0.2) is 0 Å². The molecular formula is C10H10ClIO. The standard InChI is InChI=1S/C10H10ClIO/c1-10(2,9(11)13)7-5-3-4-6-8(7)12/h3-6H,1-2H3. The number of carbonyl (C=O) groups excluding carboxylic acids is 1. The van der Waals surface area contributed by atoms with Gasteiger partial charge in [0.15, 0.2) is 0 Å². The molecule has 0 radical (unpaired) electrons. The summed E-state index contributed by atoms with van der Waals surface area (Å²) in [5.41, 5.74) is 0.384. The molecule has 0 spiro atoms. The molecule has 0 amide bonds. The maximum absolute atomic E-state index is 11.2. The molecule has 0 aromatic heterocycles. The van der Waals surface area contributed by atoms with E-state index in [-0.39, 0.29) is 5.24 Å². The van der Waals surface area contributed by atoms with Crippen LogP contribution in [0.15, 0.2) is 24.3 Å². The van der Waals surface area contributed by atoms with Crippen LogP contribution < -0.4 is 0 Å². The highest BCUT2D eigenvalue weighted by atomic mass is 127. The van der Waals surface area contributed by atoms with Gasteiger partial charge in [-0.3, -0.25) is 4.79 Å². The summed E-state index contributed by atoms with van der Waals surface area (Å²) in [6.07, 6.45) is 0. The molecule has 0 unspecified atom stereocenters. The Kier molecular flexibility index (Phi) is 3.35. The highest BCUT2D eigenvalue weighted by Gasteiger charge is 2.29. The number of hydrogen-bond acceptors (Lipinski definition) is 1. The summed E-state index contributed by atoms with van der Waals surface area (Å²) in [7, 11) is 0. The highest BCUT2D eigenvalue weighted by molar-refractivity contribution is 14.1. The fourth-order valence-electron chi connectivity index (χ4n) is 1.07. The van der Waals surface area contributed by atoms with Crippen LogP contribution in [0, 0.1) is 3.57 Å². The van der Waals surface area contributed by atoms with Gasteiger partial charge in [0.25, 0.3) is 0 Å². The van der Waals surface area contributed by atoms with Crippen molar-refractivity contribution < 1.29 is 4.79 Å². The van der Waals surface area contributed by atoms with E-state index in [1.165, 1.54) is 0 Å². The van der Waals surface area contributed by atoms with Crippen LogP contribution >= 0.6 is 34.2 Å². The molecule has 70 valence electrons. The smallest absolute Gasteiger partial charge is 0.231 e. The van der Waals surface area contributed by atoms with E-state index < -0.39 is 5.41 Å². The van der Waals surface area contributed by atoms with Gasteiger partial charge in [-0.2, -0.15) is 0 Å². The van der Waals surface area contributed by atoms with E-state index in [1.807, 2.05) is 38.1 Å². The van der Waals surface area contributed by atoms with E-state index in [9.17, 15) is 4.79 Å². The minimum Gasteiger partial charge on any atom is -0.280 e. The van der Waals surface area contributed by atoms with Crippen LogP contribution in [0.1, 0.15) is 19.4 Å². The predicted octanol–water partition coefficient (Wildman–Crippen LogP) is 3.33. The molecule has 13 heavy (non-hydrogen) atoms. The molecule has 0 heterocycles. The Bertz CT molecular complexity index is 333. The molecule has 1 aromatic carbocycles. The molecule has 0 bridgehead atoms. The molecule has 0 aliphatic carbocycles. The van der Waals surface area contributed by atoms with Crippen molar-refractivity contribution in [3.63, 3.8) is 0 Å². The second-order valence-electron chi connectivity index (χ2n) is 3.38. The average molecular weight is 309 g/mol. The van der Waals surface area contributed by atoms with Crippen molar-refractivity contribution in [2.45, 2.75) is 19.3 Å². The molecule has 0 aliphatic rings. The first-order valence-corrected chi connectivity index (χ1v) is 5.37. The van der Waals surface area contributed by atoms with E-state index in [0.717, 1.165) is 9.13 Å². The highest BCUT2D eigenvalue weighted by Crippen LogP contribution is 2.29. The first-order valence-electron chi connectivity index (χ1n) is 3.91. The summed E-state index contributed by atoms with van der Waals surface area (Å²) in [6.45, 7) is 3.67. The maximum Gasteiger partial charge on any atom is 0.231 e. The number of hydrogen-bond donors (Lipinski definition) is 0. The van der Waals surface area contributed by atoms with Gasteiger partial charge in [0, 0.05) is 3.57 Å². The van der Waals surface area contributed by atoms with Crippen LogP contribution in [-0.2, 0) is 10.2 Å². The van der Waals surface area contributed by atoms with Crippen LogP contribution in [0.25, 0.3) is 0 Å². The average Bonchev–Trinajstić information content (AvgIpc) is 2.04. The first kappa shape index (κ1) is 11.0. The monoisotopic (exact) mass is 308 g/mol. The largest absolute Gasteiger partial charge is 0.280 e. The lowest BCUT2D eigenvalue weighted by Crippen LogP contribution is -2.25. The quantitative estimate of drug-likeness (QED) is 0.605. The third kappa shape index (κ3) is 2.23. The van der Waals surface area contributed by atoms with Crippen molar-refractivity contribution in [3.8, 4) is 0 Å². The summed E-state index contributed by atoms with van der Waals surface area (Å²) < 4.78 is 1.07. The molecule has 0 atom stereocenters. The normalized spacial score (nSPS) is 11.4. The van der Waals surface area contributed by atoms with Crippen molar-refractivity contribution in [3.05, 3.63) is 33.4 Å². The van der Waals surface area contributed by atoms with Gasteiger partial charge in [0.1, 0.15) is 0 Å². The van der Waals surface area contributed by atoms with Gasteiger partial charge in [0.2, 0.25) is 5.24 Å². The summed E-state index contributed by atoms with van der Waals surface area (Å²) in [4.78, 5) is 11.2. The summed E-state index contributed by atoms with van der Waals surface area (Å²) in [5.74, 6) is 0. The van der Waals surface area contributed by atoms with Crippen molar-refractivity contribution in [2.75, 3.05) is 0 Å². The van der Waals surface area contributed by atoms with Gasteiger partial charge in [-0.1, -0.05) is 18.2 Å². The molecule has 0 saturated carbocycles. The minimum absolute atomic E-state index is 0.323. The van der Waals surface area contributed by atoms with Crippen molar-refractivity contribution in [2.24, 2.45) is 0 Å². The second kappa shape index (κ2) is 3.96. The third-order valence-corrected chi connectivity index (χ3v) is 3.45. The molecule has 1 aromatic rings. The number of benzene rings is 1. The Morgan fingerprint density at radius 1 is 1.38 bits per heavy atom. The fourth-order valence-corrected chi connectivity index (χ4v) is 2.24. The number of rotatable bonds is 2. The predicted molar refractivity (Wildman–Crippen MR) is 63.0 cm³/mol. The molecule has 0 fully saturated rings. The SMILES string of the molecule is CC(C)(C(=O)Cl)c1ccccc1I. The second-order valence-corrected chi connectivity index (χ2v) is 4.88. The maximum atomic E-state index is 11.2. The van der Waals surface area contributed by atoms with E-state index in [0.29, 0.717) is 0 Å². The van der Waals surface area contributed by atoms with Gasteiger partial charge in [0.05, 0.1) is 5.41 Å². The molecule has 1 nitrogen and oxygen atoms in total. The van der Waals surface area contributed by atoms with Crippen LogP contribution in [0.4, 0.5) is 0 Å². The summed E-state index contributed by atoms with van der Waals surface area (Å²) in [5, 5.41) is -0.323. The molecule has 0 N–H and O–H groups in total. The Hall–Kier alpha value is -0.0900. The van der Waals surface area contributed by atoms with Gasteiger partial charge >= 0.3 is 0 Å². The fraction of sp³-hybridized carbons (Fsp3) is 0.300. The lowest BCUT2D eigenvalue weighted by Gasteiger charge is -2.21. The van der Waals surface area contributed by atoms with E-state index in [2.05, 4.69) is 22.6 Å². The van der Waals surface area contributed by atoms with Gasteiger partial charge in [-0.15, -0.1) is 0 Å². The van der Waals surface area contributed by atoms with E-state index in [1.54, 1.807) is 0 Å². The van der Waals surface area contributed by atoms with Crippen LogP contribution in [-0.4, -0.2) is 5.24 Å². The van der Waals surface area contributed by atoms with Crippen LogP contribution in [0.5, 0.6) is 0 Å². The van der Waals surface area contributed by atoms with E-state index in [4.69, 9.17) is 11.6 Å². The number of carbonyl (C=O) groups is 1. The molecule has 0 aliphatic heterocycles. The minimum atomic E-state index is -0.598. The molecular weight excluding hydrogens is 298 g/mol. The summed E-state index contributed by atoms with van der Waals surface area (Å²) in [6, 6.07) is 7.76. The molecule has 3 heteroatoms. The Morgan fingerprint density at radius 2 is 1.92 bits per heavy atom. The Morgan fingerprint density at radius 3 is 2.38 bits per heavy atom. The van der Waals surface area contributed by atoms with Gasteiger partial charge < -0.3 is 0 Å². The first-order chi connectivity index (χ1) is 5.96. The van der Waals surface area contributed by atoms with Crippen molar-refractivity contribution in [1.29, 1.82) is 0 Å². The molecule has 1 rings (SSSR count).